The molecule has 8 nitrogen and oxygen atoms in total. The molecule has 1 saturated heterocycles. The lowest BCUT2D eigenvalue weighted by Gasteiger charge is -2.35. The van der Waals surface area contributed by atoms with Crippen molar-refractivity contribution in [1.82, 2.24) is 20.1 Å². The molecule has 24 heavy (non-hydrogen) atoms. The Morgan fingerprint density at radius 3 is 2.50 bits per heavy atom. The monoisotopic (exact) mass is 370 g/mol. The third-order valence-electron chi connectivity index (χ3n) is 3.36. The minimum atomic E-state index is -4.39. The first-order valence-electron chi connectivity index (χ1n) is 7.20. The number of halogens is 4. The van der Waals surface area contributed by atoms with E-state index in [0.29, 0.717) is 32.1 Å². The zero-order valence-electron chi connectivity index (χ0n) is 12.7. The van der Waals surface area contributed by atoms with Gasteiger partial charge >= 0.3 is 6.18 Å². The molecule has 1 aliphatic rings. The molecule has 3 N–H and O–H groups in total. The first-order chi connectivity index (χ1) is 11.2. The van der Waals surface area contributed by atoms with Gasteiger partial charge in [0.15, 0.2) is 11.0 Å². The SMILES string of the molecule is Nc1nc(N2CCN(CC(O)COCC(F)(F)F)CC2)nnc1Cl. The van der Waals surface area contributed by atoms with Gasteiger partial charge in [-0.25, -0.2) is 0 Å². The molecule has 0 bridgehead atoms. The summed E-state index contributed by atoms with van der Waals surface area (Å²) in [5, 5.41) is 17.3. The number of ether oxygens (including phenoxy) is 1. The van der Waals surface area contributed by atoms with Crippen LogP contribution in [-0.2, 0) is 4.74 Å². The Morgan fingerprint density at radius 2 is 1.92 bits per heavy atom. The maximum absolute atomic E-state index is 12.0. The van der Waals surface area contributed by atoms with Gasteiger partial charge in [0.2, 0.25) is 5.95 Å². The Bertz CT molecular complexity index is 542. The lowest BCUT2D eigenvalue weighted by atomic mass is 10.2. The van der Waals surface area contributed by atoms with Gasteiger partial charge in [-0.2, -0.15) is 18.2 Å². The first kappa shape index (κ1) is 18.9. The largest absolute Gasteiger partial charge is 0.411 e. The van der Waals surface area contributed by atoms with E-state index in [-0.39, 0.29) is 24.1 Å². The molecular formula is C12H18ClF3N6O2. The van der Waals surface area contributed by atoms with Crippen LogP contribution in [-0.4, -0.2) is 83.4 Å². The summed E-state index contributed by atoms with van der Waals surface area (Å²) in [7, 11) is 0. The molecule has 2 heterocycles. The number of rotatable bonds is 6. The normalized spacial score (nSPS) is 18.0. The molecule has 0 amide bonds. The molecule has 0 aromatic carbocycles. The van der Waals surface area contributed by atoms with Crippen molar-refractivity contribution >= 4 is 23.4 Å². The number of nitrogens with zero attached hydrogens (tertiary/aromatic N) is 5. The number of β-amino-alcohol motifs (C(OH)–C–C–N with tert-alkyl or cyclic N) is 1. The minimum absolute atomic E-state index is 0.0411. The van der Waals surface area contributed by atoms with Crippen LogP contribution >= 0.6 is 11.6 Å². The number of hydrogen-bond donors (Lipinski definition) is 2. The fourth-order valence-corrected chi connectivity index (χ4v) is 2.32. The molecule has 1 aliphatic heterocycles. The summed E-state index contributed by atoms with van der Waals surface area (Å²) >= 11 is 5.67. The highest BCUT2D eigenvalue weighted by Gasteiger charge is 2.28. The van der Waals surface area contributed by atoms with Crippen LogP contribution in [0.4, 0.5) is 24.9 Å². The van der Waals surface area contributed by atoms with Crippen molar-refractivity contribution in [1.29, 1.82) is 0 Å². The van der Waals surface area contributed by atoms with Gasteiger partial charge in [-0.1, -0.05) is 11.6 Å². The third-order valence-corrected chi connectivity index (χ3v) is 3.63. The molecule has 136 valence electrons. The van der Waals surface area contributed by atoms with Crippen molar-refractivity contribution in [3.05, 3.63) is 5.15 Å². The minimum Gasteiger partial charge on any atom is -0.389 e. The maximum Gasteiger partial charge on any atom is 0.411 e. The number of aliphatic hydroxyl groups excluding tert-OH is 1. The van der Waals surface area contributed by atoms with E-state index in [0.717, 1.165) is 0 Å². The maximum atomic E-state index is 12.0. The molecule has 0 saturated carbocycles. The standard InChI is InChI=1S/C12H18ClF3N6O2/c13-9-10(17)18-11(20-19-9)22-3-1-21(2-4-22)5-8(23)6-24-7-12(14,15)16/h8,23H,1-7H2,(H2,17,18,20). The summed E-state index contributed by atoms with van der Waals surface area (Å²) in [6, 6.07) is 0. The molecule has 0 radical (unpaired) electrons. The van der Waals surface area contributed by atoms with Crippen molar-refractivity contribution in [2.45, 2.75) is 12.3 Å². The lowest BCUT2D eigenvalue weighted by molar-refractivity contribution is -0.179. The second kappa shape index (κ2) is 8.10. The third kappa shape index (κ3) is 5.89. The van der Waals surface area contributed by atoms with E-state index in [1.807, 2.05) is 9.80 Å². The zero-order chi connectivity index (χ0) is 17.7. The van der Waals surface area contributed by atoms with Crippen LogP contribution in [0.3, 0.4) is 0 Å². The van der Waals surface area contributed by atoms with Crippen LogP contribution in [0.1, 0.15) is 0 Å². The molecule has 1 aromatic heterocycles. The molecule has 0 aliphatic carbocycles. The van der Waals surface area contributed by atoms with E-state index in [1.165, 1.54) is 0 Å². The summed E-state index contributed by atoms with van der Waals surface area (Å²) in [5.74, 6) is 0.465. The summed E-state index contributed by atoms with van der Waals surface area (Å²) < 4.78 is 40.3. The average Bonchev–Trinajstić information content (AvgIpc) is 2.49. The van der Waals surface area contributed by atoms with Crippen LogP contribution in [0.25, 0.3) is 0 Å². The highest BCUT2D eigenvalue weighted by atomic mass is 35.5. The van der Waals surface area contributed by atoms with Gasteiger partial charge in [0.1, 0.15) is 6.61 Å². The molecule has 1 aromatic rings. The Hall–Kier alpha value is -1.43. The van der Waals surface area contributed by atoms with E-state index >= 15 is 0 Å². The molecule has 1 atom stereocenters. The van der Waals surface area contributed by atoms with Crippen LogP contribution < -0.4 is 10.6 Å². The van der Waals surface area contributed by atoms with Crippen LogP contribution in [0, 0.1) is 0 Å². The second-order valence-corrected chi connectivity index (χ2v) is 5.72. The fourth-order valence-electron chi connectivity index (χ4n) is 2.24. The molecule has 12 heteroatoms. The van der Waals surface area contributed by atoms with Gasteiger partial charge in [-0.3, -0.25) is 4.90 Å². The van der Waals surface area contributed by atoms with E-state index in [9.17, 15) is 18.3 Å². The van der Waals surface area contributed by atoms with Gasteiger partial charge in [-0.15, -0.1) is 10.2 Å². The van der Waals surface area contributed by atoms with E-state index < -0.39 is 18.9 Å². The zero-order valence-corrected chi connectivity index (χ0v) is 13.5. The predicted molar refractivity (Wildman–Crippen MR) is 80.8 cm³/mol. The van der Waals surface area contributed by atoms with E-state index in [2.05, 4.69) is 19.9 Å². The smallest absolute Gasteiger partial charge is 0.389 e. The Kier molecular flexibility index (Phi) is 6.38. The number of nitrogens with two attached hydrogens (primary N) is 1. The van der Waals surface area contributed by atoms with Crippen LogP contribution in [0.15, 0.2) is 0 Å². The highest BCUT2D eigenvalue weighted by Crippen LogP contribution is 2.17. The number of piperazine rings is 1. The number of alkyl halides is 3. The van der Waals surface area contributed by atoms with E-state index in [4.69, 9.17) is 17.3 Å². The van der Waals surface area contributed by atoms with Crippen molar-refractivity contribution in [2.75, 3.05) is 56.6 Å². The summed E-state index contributed by atoms with van der Waals surface area (Å²) in [6.07, 6.45) is -5.37. The topological polar surface area (TPSA) is 101 Å². The lowest BCUT2D eigenvalue weighted by Crippen LogP contribution is -2.49. The molecule has 1 fully saturated rings. The van der Waals surface area contributed by atoms with Gasteiger partial charge in [0, 0.05) is 32.7 Å². The number of aliphatic hydroxyl groups is 1. The quantitative estimate of drug-likeness (QED) is 0.731. The van der Waals surface area contributed by atoms with E-state index in [1.54, 1.807) is 0 Å². The molecule has 1 unspecified atom stereocenters. The number of hydrogen-bond acceptors (Lipinski definition) is 8. The van der Waals surface area contributed by atoms with Crippen LogP contribution in [0.2, 0.25) is 5.15 Å². The molecular weight excluding hydrogens is 353 g/mol. The number of anilines is 2. The predicted octanol–water partition coefficient (Wildman–Crippen LogP) is 0.169. The Labute approximate surface area is 141 Å². The molecule has 0 spiro atoms. The Balaban J connectivity index is 1.73. The van der Waals surface area contributed by atoms with Gasteiger partial charge in [-0.05, 0) is 0 Å². The molecule has 2 rings (SSSR count). The summed E-state index contributed by atoms with van der Waals surface area (Å²) in [5.41, 5.74) is 5.59. The fraction of sp³-hybridized carbons (Fsp3) is 0.750. The highest BCUT2D eigenvalue weighted by molar-refractivity contribution is 6.31. The summed E-state index contributed by atoms with van der Waals surface area (Å²) in [6.45, 7) is 0.816. The van der Waals surface area contributed by atoms with Crippen molar-refractivity contribution < 1.29 is 23.0 Å². The van der Waals surface area contributed by atoms with Gasteiger partial charge < -0.3 is 20.5 Å². The van der Waals surface area contributed by atoms with Crippen molar-refractivity contribution in [3.63, 3.8) is 0 Å². The number of nitrogen functional groups attached to an aromatic ring is 1. The Morgan fingerprint density at radius 1 is 1.25 bits per heavy atom. The van der Waals surface area contributed by atoms with Gasteiger partial charge in [0.05, 0.1) is 12.7 Å². The van der Waals surface area contributed by atoms with Crippen molar-refractivity contribution in [3.8, 4) is 0 Å². The second-order valence-electron chi connectivity index (χ2n) is 5.36. The summed E-state index contributed by atoms with van der Waals surface area (Å²) in [4.78, 5) is 7.83. The number of aromatic nitrogens is 3. The average molecular weight is 371 g/mol. The van der Waals surface area contributed by atoms with Crippen molar-refractivity contribution in [2.24, 2.45) is 0 Å². The van der Waals surface area contributed by atoms with Crippen LogP contribution in [0.5, 0.6) is 0 Å². The van der Waals surface area contributed by atoms with Gasteiger partial charge in [0.25, 0.3) is 0 Å². The first-order valence-corrected chi connectivity index (χ1v) is 7.58.